The molecule has 0 spiro atoms. The van der Waals surface area contributed by atoms with Gasteiger partial charge in [0, 0.05) is 36.1 Å². The average Bonchev–Trinajstić information content (AvgIpc) is 3.10. The zero-order valence-electron chi connectivity index (χ0n) is 15.9. The summed E-state index contributed by atoms with van der Waals surface area (Å²) in [5.74, 6) is -0.193. The van der Waals surface area contributed by atoms with Crippen molar-refractivity contribution in [1.29, 1.82) is 0 Å². The molecule has 0 bridgehead atoms. The maximum absolute atomic E-state index is 13.1. The van der Waals surface area contributed by atoms with Gasteiger partial charge in [0.25, 0.3) is 10.0 Å². The van der Waals surface area contributed by atoms with Crippen LogP contribution in [-0.2, 0) is 14.8 Å². The van der Waals surface area contributed by atoms with Crippen LogP contribution in [0.15, 0.2) is 65.7 Å². The van der Waals surface area contributed by atoms with Crippen molar-refractivity contribution in [1.82, 2.24) is 9.78 Å². The number of benzene rings is 2. The van der Waals surface area contributed by atoms with Gasteiger partial charge < -0.3 is 5.32 Å². The third-order valence-corrected chi connectivity index (χ3v) is 5.40. The SMILES string of the molecule is CC(=O)Nc1ccc(NS(=O)(=O)c2cn(C(C)C)nc2-c2ccccc2)cc1. The van der Waals surface area contributed by atoms with Crippen LogP contribution in [0.2, 0.25) is 0 Å². The highest BCUT2D eigenvalue weighted by Crippen LogP contribution is 2.29. The van der Waals surface area contributed by atoms with Gasteiger partial charge >= 0.3 is 0 Å². The first-order valence-corrected chi connectivity index (χ1v) is 10.3. The molecule has 0 radical (unpaired) electrons. The van der Waals surface area contributed by atoms with Gasteiger partial charge in [0.2, 0.25) is 5.91 Å². The summed E-state index contributed by atoms with van der Waals surface area (Å²) in [6.45, 7) is 5.28. The molecular formula is C20H22N4O3S. The Morgan fingerprint density at radius 3 is 2.18 bits per heavy atom. The number of carbonyl (C=O) groups is 1. The lowest BCUT2D eigenvalue weighted by molar-refractivity contribution is -0.114. The van der Waals surface area contributed by atoms with Crippen molar-refractivity contribution in [3.63, 3.8) is 0 Å². The normalized spacial score (nSPS) is 11.4. The molecule has 0 aliphatic heterocycles. The standard InChI is InChI=1S/C20H22N4O3S/c1-14(2)24-13-19(20(22-24)16-7-5-4-6-8-16)28(26,27)23-18-11-9-17(10-12-18)21-15(3)25/h4-14,23H,1-3H3,(H,21,25). The number of nitrogens with one attached hydrogen (secondary N) is 2. The molecule has 28 heavy (non-hydrogen) atoms. The van der Waals surface area contributed by atoms with E-state index in [1.165, 1.54) is 6.92 Å². The van der Waals surface area contributed by atoms with Crippen molar-refractivity contribution in [2.45, 2.75) is 31.7 Å². The van der Waals surface area contributed by atoms with Crippen molar-refractivity contribution >= 4 is 27.3 Å². The molecule has 1 heterocycles. The number of amides is 1. The van der Waals surface area contributed by atoms with Crippen LogP contribution in [0.1, 0.15) is 26.8 Å². The molecule has 3 rings (SSSR count). The van der Waals surface area contributed by atoms with Gasteiger partial charge in [-0.2, -0.15) is 5.10 Å². The average molecular weight is 398 g/mol. The summed E-state index contributed by atoms with van der Waals surface area (Å²) in [7, 11) is -3.86. The molecule has 0 aliphatic carbocycles. The Hall–Kier alpha value is -3.13. The largest absolute Gasteiger partial charge is 0.326 e. The quantitative estimate of drug-likeness (QED) is 0.659. The monoisotopic (exact) mass is 398 g/mol. The summed E-state index contributed by atoms with van der Waals surface area (Å²) in [6.07, 6.45) is 1.54. The fourth-order valence-electron chi connectivity index (χ4n) is 2.67. The van der Waals surface area contributed by atoms with Gasteiger partial charge in [-0.15, -0.1) is 0 Å². The zero-order chi connectivity index (χ0) is 20.3. The molecule has 0 unspecified atom stereocenters. The minimum atomic E-state index is -3.86. The Kier molecular flexibility index (Phi) is 5.51. The fourth-order valence-corrected chi connectivity index (χ4v) is 3.88. The van der Waals surface area contributed by atoms with Crippen LogP contribution in [0, 0.1) is 0 Å². The van der Waals surface area contributed by atoms with E-state index >= 15 is 0 Å². The smallest absolute Gasteiger partial charge is 0.265 e. The highest BCUT2D eigenvalue weighted by Gasteiger charge is 2.24. The molecule has 0 aliphatic rings. The Balaban J connectivity index is 1.96. The van der Waals surface area contributed by atoms with E-state index in [0.29, 0.717) is 17.1 Å². The van der Waals surface area contributed by atoms with Crippen molar-refractivity contribution in [2.24, 2.45) is 0 Å². The minimum absolute atomic E-state index is 0.0170. The highest BCUT2D eigenvalue weighted by atomic mass is 32.2. The fraction of sp³-hybridized carbons (Fsp3) is 0.200. The van der Waals surface area contributed by atoms with Crippen molar-refractivity contribution < 1.29 is 13.2 Å². The van der Waals surface area contributed by atoms with E-state index in [9.17, 15) is 13.2 Å². The molecule has 1 amide bonds. The molecule has 2 aromatic carbocycles. The third kappa shape index (κ3) is 4.40. The Morgan fingerprint density at radius 1 is 1.00 bits per heavy atom. The van der Waals surface area contributed by atoms with Gasteiger partial charge in [-0.25, -0.2) is 8.42 Å². The van der Waals surface area contributed by atoms with Crippen LogP contribution in [0.25, 0.3) is 11.3 Å². The van der Waals surface area contributed by atoms with Crippen LogP contribution in [0.5, 0.6) is 0 Å². The number of sulfonamides is 1. The summed E-state index contributed by atoms with van der Waals surface area (Å²) in [4.78, 5) is 11.2. The first-order valence-electron chi connectivity index (χ1n) is 8.81. The molecule has 8 heteroatoms. The summed E-state index contributed by atoms with van der Waals surface area (Å²) >= 11 is 0. The van der Waals surface area contributed by atoms with Gasteiger partial charge in [-0.3, -0.25) is 14.2 Å². The van der Waals surface area contributed by atoms with Crippen LogP contribution in [-0.4, -0.2) is 24.1 Å². The molecule has 0 atom stereocenters. The number of carbonyl (C=O) groups excluding carboxylic acids is 1. The first-order chi connectivity index (χ1) is 13.3. The number of aromatic nitrogens is 2. The van der Waals surface area contributed by atoms with Gasteiger partial charge in [0.05, 0.1) is 0 Å². The molecule has 2 N–H and O–H groups in total. The van der Waals surface area contributed by atoms with E-state index in [1.807, 2.05) is 44.2 Å². The molecule has 0 saturated heterocycles. The zero-order valence-corrected chi connectivity index (χ0v) is 16.7. The van der Waals surface area contributed by atoms with Crippen molar-refractivity contribution in [3.8, 4) is 11.3 Å². The van der Waals surface area contributed by atoms with E-state index in [1.54, 1.807) is 35.1 Å². The van der Waals surface area contributed by atoms with Crippen LogP contribution in [0.3, 0.4) is 0 Å². The molecule has 7 nitrogen and oxygen atoms in total. The topological polar surface area (TPSA) is 93.1 Å². The van der Waals surface area contributed by atoms with E-state index in [4.69, 9.17) is 0 Å². The number of rotatable bonds is 6. The van der Waals surface area contributed by atoms with E-state index in [-0.39, 0.29) is 16.8 Å². The molecule has 0 fully saturated rings. The maximum atomic E-state index is 13.1. The third-order valence-electron chi connectivity index (χ3n) is 4.02. The maximum Gasteiger partial charge on any atom is 0.265 e. The lowest BCUT2D eigenvalue weighted by Crippen LogP contribution is -2.13. The van der Waals surface area contributed by atoms with Gasteiger partial charge in [-0.1, -0.05) is 30.3 Å². The predicted octanol–water partition coefficient (Wildman–Crippen LogP) is 3.89. The summed E-state index contributed by atoms with van der Waals surface area (Å²) in [5, 5.41) is 7.13. The van der Waals surface area contributed by atoms with Crippen molar-refractivity contribution in [2.75, 3.05) is 10.0 Å². The lowest BCUT2D eigenvalue weighted by Gasteiger charge is -2.09. The van der Waals surface area contributed by atoms with E-state index in [2.05, 4.69) is 15.1 Å². The molecular weight excluding hydrogens is 376 g/mol. The number of hydrogen-bond donors (Lipinski definition) is 2. The molecule has 3 aromatic rings. The first kappa shape index (κ1) is 19.6. The second kappa shape index (κ2) is 7.85. The predicted molar refractivity (Wildman–Crippen MR) is 110 cm³/mol. The summed E-state index contributed by atoms with van der Waals surface area (Å²) in [5.41, 5.74) is 2.11. The van der Waals surface area contributed by atoms with Crippen molar-refractivity contribution in [3.05, 3.63) is 60.8 Å². The summed E-state index contributed by atoms with van der Waals surface area (Å²) < 4.78 is 30.3. The molecule has 1 aromatic heterocycles. The lowest BCUT2D eigenvalue weighted by atomic mass is 10.2. The van der Waals surface area contributed by atoms with Gasteiger partial charge in [0.1, 0.15) is 10.6 Å². The van der Waals surface area contributed by atoms with Gasteiger partial charge in [-0.05, 0) is 38.1 Å². The molecule has 146 valence electrons. The van der Waals surface area contributed by atoms with Gasteiger partial charge in [0.15, 0.2) is 0 Å². The van der Waals surface area contributed by atoms with E-state index in [0.717, 1.165) is 5.56 Å². The highest BCUT2D eigenvalue weighted by molar-refractivity contribution is 7.92. The summed E-state index contributed by atoms with van der Waals surface area (Å²) in [6, 6.07) is 15.7. The Bertz CT molecular complexity index is 1070. The second-order valence-corrected chi connectivity index (χ2v) is 8.30. The Labute approximate surface area is 164 Å². The van der Waals surface area contributed by atoms with E-state index < -0.39 is 10.0 Å². The van der Waals surface area contributed by atoms with Crippen LogP contribution >= 0.6 is 0 Å². The molecule has 0 saturated carbocycles. The Morgan fingerprint density at radius 2 is 1.61 bits per heavy atom. The number of anilines is 2. The second-order valence-electron chi connectivity index (χ2n) is 6.65. The number of hydrogen-bond acceptors (Lipinski definition) is 4. The number of nitrogens with zero attached hydrogens (tertiary/aromatic N) is 2. The minimum Gasteiger partial charge on any atom is -0.326 e. The van der Waals surface area contributed by atoms with Crippen LogP contribution in [0.4, 0.5) is 11.4 Å². The van der Waals surface area contributed by atoms with Crippen LogP contribution < -0.4 is 10.0 Å².